The van der Waals surface area contributed by atoms with Crippen molar-refractivity contribution in [3.05, 3.63) is 90.6 Å². The van der Waals surface area contributed by atoms with Gasteiger partial charge < -0.3 is 14.2 Å². The summed E-state index contributed by atoms with van der Waals surface area (Å²) in [5.41, 5.74) is 3.62. The van der Waals surface area contributed by atoms with E-state index < -0.39 is 5.97 Å². The molecule has 42 heavy (non-hydrogen) atoms. The van der Waals surface area contributed by atoms with E-state index in [1.165, 1.54) is 50.2 Å². The number of hydrogen-bond acceptors (Lipinski definition) is 6. The normalized spacial score (nSPS) is 10.7. The molecule has 224 valence electrons. The molecule has 0 atom stereocenters. The van der Waals surface area contributed by atoms with Crippen molar-refractivity contribution in [1.29, 1.82) is 0 Å². The van der Waals surface area contributed by atoms with Gasteiger partial charge in [-0.1, -0.05) is 70.9 Å². The molecule has 0 unspecified atom stereocenters. The first kappa shape index (κ1) is 32.6. The smallest absolute Gasteiger partial charge is 0.343 e. The van der Waals surface area contributed by atoms with Gasteiger partial charge in [0.15, 0.2) is 0 Å². The maximum atomic E-state index is 12.6. The highest BCUT2D eigenvalue weighted by molar-refractivity contribution is 5.91. The van der Waals surface area contributed by atoms with Gasteiger partial charge in [0.05, 0.1) is 24.5 Å². The summed E-state index contributed by atoms with van der Waals surface area (Å²) < 4.78 is 16.4. The fourth-order valence-corrected chi connectivity index (χ4v) is 4.56. The highest BCUT2D eigenvalue weighted by Gasteiger charge is 2.10. The second-order valence-corrected chi connectivity index (χ2v) is 10.5. The summed E-state index contributed by atoms with van der Waals surface area (Å²) in [6, 6.07) is 18.7. The lowest BCUT2D eigenvalue weighted by molar-refractivity contribution is -0.137. The molecule has 6 nitrogen and oxygen atoms in total. The lowest BCUT2D eigenvalue weighted by Crippen LogP contribution is -2.08. The van der Waals surface area contributed by atoms with E-state index in [-0.39, 0.29) is 5.97 Å². The van der Waals surface area contributed by atoms with Gasteiger partial charge in [0.1, 0.15) is 11.5 Å². The standard InChI is InChI=1S/C36H45NO5/c1-3-5-12-15-29-16-25-34(37-28-29)30-17-23-33(24-18-30)42-36(39)31-19-21-32(22-20-31)40-26-13-10-8-6-7-9-11-14-27-41-35(38)4-2/h4,16-25,28H,2-3,5-15,26-27H2,1H3. The number of carbonyl (C=O) groups excluding carboxylic acids is 2. The summed E-state index contributed by atoms with van der Waals surface area (Å²) in [5.74, 6) is 0.494. The molecule has 3 aromatic rings. The Balaban J connectivity index is 1.29. The molecule has 0 fully saturated rings. The second-order valence-electron chi connectivity index (χ2n) is 10.5. The molecule has 0 spiro atoms. The minimum Gasteiger partial charge on any atom is -0.494 e. The Bertz CT molecular complexity index is 1200. The topological polar surface area (TPSA) is 74.7 Å². The molecular weight excluding hydrogens is 526 g/mol. The van der Waals surface area contributed by atoms with E-state index in [9.17, 15) is 9.59 Å². The van der Waals surface area contributed by atoms with Crippen molar-refractivity contribution in [1.82, 2.24) is 4.98 Å². The first-order valence-corrected chi connectivity index (χ1v) is 15.4. The highest BCUT2D eigenvalue weighted by atomic mass is 16.5. The summed E-state index contributed by atoms with van der Waals surface area (Å²) in [7, 11) is 0. The molecule has 1 aromatic heterocycles. The average Bonchev–Trinajstić information content (AvgIpc) is 3.02. The molecule has 0 aliphatic carbocycles. The van der Waals surface area contributed by atoms with Crippen LogP contribution in [-0.2, 0) is 16.0 Å². The summed E-state index contributed by atoms with van der Waals surface area (Å²) in [6.45, 7) is 6.73. The van der Waals surface area contributed by atoms with Crippen LogP contribution in [0.3, 0.4) is 0 Å². The second kappa shape index (κ2) is 19.2. The molecule has 0 radical (unpaired) electrons. The van der Waals surface area contributed by atoms with E-state index in [2.05, 4.69) is 24.6 Å². The zero-order valence-electron chi connectivity index (χ0n) is 25.0. The quantitative estimate of drug-likeness (QED) is 0.0583. The molecule has 1 heterocycles. The molecular formula is C36H45NO5. The Morgan fingerprint density at radius 3 is 2.00 bits per heavy atom. The summed E-state index contributed by atoms with van der Waals surface area (Å²) in [6.07, 6.45) is 16.7. The molecule has 0 bridgehead atoms. The van der Waals surface area contributed by atoms with Crippen molar-refractivity contribution in [3.8, 4) is 22.8 Å². The van der Waals surface area contributed by atoms with Crippen LogP contribution in [0, 0.1) is 0 Å². The van der Waals surface area contributed by atoms with E-state index >= 15 is 0 Å². The lowest BCUT2D eigenvalue weighted by Gasteiger charge is -2.08. The molecule has 6 heteroatoms. The Morgan fingerprint density at radius 1 is 0.738 bits per heavy atom. The molecule has 0 N–H and O–H groups in total. The van der Waals surface area contributed by atoms with Crippen LogP contribution in [0.5, 0.6) is 11.5 Å². The molecule has 3 rings (SSSR count). The maximum Gasteiger partial charge on any atom is 0.343 e. The van der Waals surface area contributed by atoms with E-state index in [1.54, 1.807) is 24.3 Å². The van der Waals surface area contributed by atoms with Crippen LogP contribution in [-0.4, -0.2) is 30.1 Å². The summed E-state index contributed by atoms with van der Waals surface area (Å²) in [4.78, 5) is 28.2. The minimum atomic E-state index is -0.401. The van der Waals surface area contributed by atoms with E-state index in [0.717, 1.165) is 55.5 Å². The van der Waals surface area contributed by atoms with Crippen molar-refractivity contribution >= 4 is 11.9 Å². The number of aryl methyl sites for hydroxylation is 1. The van der Waals surface area contributed by atoms with Crippen molar-refractivity contribution in [3.63, 3.8) is 0 Å². The molecule has 0 saturated carbocycles. The molecule has 0 aliphatic heterocycles. The van der Waals surface area contributed by atoms with Gasteiger partial charge in [0.25, 0.3) is 0 Å². The van der Waals surface area contributed by atoms with Gasteiger partial charge in [-0.15, -0.1) is 0 Å². The fraction of sp³-hybridized carbons (Fsp3) is 0.417. The highest BCUT2D eigenvalue weighted by Crippen LogP contribution is 2.23. The van der Waals surface area contributed by atoms with Crippen LogP contribution >= 0.6 is 0 Å². The zero-order chi connectivity index (χ0) is 29.8. The Hall–Kier alpha value is -3.93. The summed E-state index contributed by atoms with van der Waals surface area (Å²) in [5, 5.41) is 0. The largest absolute Gasteiger partial charge is 0.494 e. The van der Waals surface area contributed by atoms with Crippen LogP contribution in [0.4, 0.5) is 0 Å². The fourth-order valence-electron chi connectivity index (χ4n) is 4.56. The van der Waals surface area contributed by atoms with Crippen LogP contribution < -0.4 is 9.47 Å². The predicted molar refractivity (Wildman–Crippen MR) is 168 cm³/mol. The van der Waals surface area contributed by atoms with Crippen LogP contribution in [0.15, 0.2) is 79.5 Å². The monoisotopic (exact) mass is 571 g/mol. The number of esters is 2. The van der Waals surface area contributed by atoms with Crippen molar-refractivity contribution < 1.29 is 23.8 Å². The number of pyridine rings is 1. The van der Waals surface area contributed by atoms with Gasteiger partial charge in [-0.3, -0.25) is 4.98 Å². The Labute approximate surface area is 251 Å². The number of unbranched alkanes of at least 4 members (excludes halogenated alkanes) is 9. The van der Waals surface area contributed by atoms with E-state index in [0.29, 0.717) is 24.5 Å². The SMILES string of the molecule is C=CC(=O)OCCCCCCCCCCOc1ccc(C(=O)Oc2ccc(-c3ccc(CCCCC)cn3)cc2)cc1. The van der Waals surface area contributed by atoms with Crippen molar-refractivity contribution in [2.45, 2.75) is 84.0 Å². The Kier molecular flexibility index (Phi) is 14.9. The lowest BCUT2D eigenvalue weighted by atomic mass is 10.1. The minimum absolute atomic E-state index is 0.346. The van der Waals surface area contributed by atoms with Crippen molar-refractivity contribution in [2.24, 2.45) is 0 Å². The number of rotatable bonds is 20. The van der Waals surface area contributed by atoms with Gasteiger partial charge in [0, 0.05) is 17.8 Å². The third-order valence-corrected chi connectivity index (χ3v) is 7.06. The first-order valence-electron chi connectivity index (χ1n) is 15.4. The maximum absolute atomic E-state index is 12.6. The third-order valence-electron chi connectivity index (χ3n) is 7.06. The van der Waals surface area contributed by atoms with Gasteiger partial charge in [-0.25, -0.2) is 9.59 Å². The third kappa shape index (κ3) is 12.3. The van der Waals surface area contributed by atoms with Gasteiger partial charge in [-0.2, -0.15) is 0 Å². The molecule has 2 aromatic carbocycles. The van der Waals surface area contributed by atoms with Crippen molar-refractivity contribution in [2.75, 3.05) is 13.2 Å². The molecule has 0 amide bonds. The molecule has 0 aliphatic rings. The van der Waals surface area contributed by atoms with Gasteiger partial charge >= 0.3 is 11.9 Å². The van der Waals surface area contributed by atoms with Crippen LogP contribution in [0.2, 0.25) is 0 Å². The average molecular weight is 572 g/mol. The number of carbonyl (C=O) groups is 2. The van der Waals surface area contributed by atoms with E-state index in [1.807, 2.05) is 36.5 Å². The first-order chi connectivity index (χ1) is 20.6. The predicted octanol–water partition coefficient (Wildman–Crippen LogP) is 8.93. The van der Waals surface area contributed by atoms with E-state index in [4.69, 9.17) is 14.2 Å². The van der Waals surface area contributed by atoms with Gasteiger partial charge in [-0.05, 0) is 85.8 Å². The summed E-state index contributed by atoms with van der Waals surface area (Å²) >= 11 is 0. The number of ether oxygens (including phenoxy) is 3. The Morgan fingerprint density at radius 2 is 1.38 bits per heavy atom. The van der Waals surface area contributed by atoms with Crippen LogP contribution in [0.25, 0.3) is 11.3 Å². The number of benzene rings is 2. The molecule has 0 saturated heterocycles. The number of nitrogens with zero attached hydrogens (tertiary/aromatic N) is 1. The van der Waals surface area contributed by atoms with Crippen LogP contribution in [0.1, 0.15) is 93.5 Å². The number of aromatic nitrogens is 1. The number of hydrogen-bond donors (Lipinski definition) is 0. The zero-order valence-corrected chi connectivity index (χ0v) is 25.0. The van der Waals surface area contributed by atoms with Gasteiger partial charge in [0.2, 0.25) is 0 Å².